The molecule has 0 aliphatic carbocycles. The maximum atomic E-state index is 9.63. The SMILES string of the molecule is C[C@H](O)[C@H](C)O[C@@H]1O[C@H](CO)[C@@H](O)[C@H](O)[C@H]1O. The number of aliphatic hydroxyl groups is 5. The lowest BCUT2D eigenvalue weighted by Crippen LogP contribution is -2.59. The van der Waals surface area contributed by atoms with Crippen molar-refractivity contribution in [3.63, 3.8) is 0 Å². The van der Waals surface area contributed by atoms with Crippen LogP contribution in [0, 0.1) is 0 Å². The Morgan fingerprint density at radius 3 is 2.18 bits per heavy atom. The molecule has 0 aromatic carbocycles. The zero-order valence-corrected chi connectivity index (χ0v) is 9.80. The van der Waals surface area contributed by atoms with E-state index in [4.69, 9.17) is 14.6 Å². The second-order valence-electron chi connectivity index (χ2n) is 4.28. The van der Waals surface area contributed by atoms with Crippen LogP contribution in [0.2, 0.25) is 0 Å². The molecule has 1 fully saturated rings. The third kappa shape index (κ3) is 3.35. The van der Waals surface area contributed by atoms with Gasteiger partial charge >= 0.3 is 0 Å². The monoisotopic (exact) mass is 252 g/mol. The molecule has 1 saturated heterocycles. The van der Waals surface area contributed by atoms with Crippen molar-refractivity contribution in [2.24, 2.45) is 0 Å². The summed E-state index contributed by atoms with van der Waals surface area (Å²) in [7, 11) is 0. The summed E-state index contributed by atoms with van der Waals surface area (Å²) in [6.45, 7) is 2.58. The van der Waals surface area contributed by atoms with E-state index in [1.54, 1.807) is 6.92 Å². The molecule has 1 rings (SSSR count). The molecule has 0 aromatic rings. The van der Waals surface area contributed by atoms with Crippen LogP contribution in [0.3, 0.4) is 0 Å². The summed E-state index contributed by atoms with van der Waals surface area (Å²) in [5.41, 5.74) is 0. The fourth-order valence-corrected chi connectivity index (χ4v) is 1.51. The number of hydrogen-bond acceptors (Lipinski definition) is 7. The molecule has 0 saturated carbocycles. The van der Waals surface area contributed by atoms with Crippen molar-refractivity contribution < 1.29 is 35.0 Å². The summed E-state index contributed by atoms with van der Waals surface area (Å²) in [4.78, 5) is 0. The maximum Gasteiger partial charge on any atom is 0.187 e. The van der Waals surface area contributed by atoms with Crippen LogP contribution in [0.5, 0.6) is 0 Å². The first kappa shape index (κ1) is 14.8. The zero-order chi connectivity index (χ0) is 13.2. The summed E-state index contributed by atoms with van der Waals surface area (Å²) in [5.74, 6) is 0. The van der Waals surface area contributed by atoms with Gasteiger partial charge in [0.1, 0.15) is 24.4 Å². The summed E-state index contributed by atoms with van der Waals surface area (Å²) in [6.07, 6.45) is -7.90. The Labute approximate surface area is 99.2 Å². The Morgan fingerprint density at radius 2 is 1.71 bits per heavy atom. The molecule has 5 N–H and O–H groups in total. The summed E-state index contributed by atoms with van der Waals surface area (Å²) >= 11 is 0. The van der Waals surface area contributed by atoms with Gasteiger partial charge in [-0.05, 0) is 13.8 Å². The van der Waals surface area contributed by atoms with Crippen molar-refractivity contribution in [3.05, 3.63) is 0 Å². The largest absolute Gasteiger partial charge is 0.394 e. The molecule has 7 heteroatoms. The van der Waals surface area contributed by atoms with Gasteiger partial charge in [0.2, 0.25) is 0 Å². The van der Waals surface area contributed by atoms with Gasteiger partial charge in [-0.1, -0.05) is 0 Å². The molecule has 0 radical (unpaired) electrons. The molecular formula is C10H20O7. The molecule has 0 bridgehead atoms. The quantitative estimate of drug-likeness (QED) is 0.377. The van der Waals surface area contributed by atoms with E-state index in [0.29, 0.717) is 0 Å². The molecule has 0 spiro atoms. The highest BCUT2D eigenvalue weighted by Crippen LogP contribution is 2.23. The van der Waals surface area contributed by atoms with Gasteiger partial charge in [0.05, 0.1) is 18.8 Å². The summed E-state index contributed by atoms with van der Waals surface area (Å²) < 4.78 is 10.3. The highest BCUT2D eigenvalue weighted by Gasteiger charge is 2.44. The predicted octanol–water partition coefficient (Wildman–Crippen LogP) is -2.43. The molecule has 1 aliphatic heterocycles. The van der Waals surface area contributed by atoms with Crippen molar-refractivity contribution >= 4 is 0 Å². The van der Waals surface area contributed by atoms with Crippen LogP contribution < -0.4 is 0 Å². The molecule has 1 aliphatic rings. The molecule has 17 heavy (non-hydrogen) atoms. The molecule has 102 valence electrons. The first-order valence-corrected chi connectivity index (χ1v) is 5.52. The van der Waals surface area contributed by atoms with Gasteiger partial charge in [-0.2, -0.15) is 0 Å². The Kier molecular flexibility index (Phi) is 5.26. The van der Waals surface area contributed by atoms with E-state index in [1.165, 1.54) is 6.92 Å². The van der Waals surface area contributed by atoms with Gasteiger partial charge in [-0.15, -0.1) is 0 Å². The minimum absolute atomic E-state index is 0.506. The highest BCUT2D eigenvalue weighted by atomic mass is 16.7. The van der Waals surface area contributed by atoms with E-state index in [1.807, 2.05) is 0 Å². The molecule has 7 nitrogen and oxygen atoms in total. The summed E-state index contributed by atoms with van der Waals surface area (Å²) in [6, 6.07) is 0. The lowest BCUT2D eigenvalue weighted by atomic mass is 9.99. The molecule has 0 amide bonds. The van der Waals surface area contributed by atoms with Gasteiger partial charge in [-0.25, -0.2) is 0 Å². The second-order valence-corrected chi connectivity index (χ2v) is 4.28. The van der Waals surface area contributed by atoms with Crippen LogP contribution in [0.25, 0.3) is 0 Å². The topological polar surface area (TPSA) is 120 Å². The normalized spacial score (nSPS) is 42.2. The van der Waals surface area contributed by atoms with Crippen molar-refractivity contribution in [1.82, 2.24) is 0 Å². The molecule has 1 heterocycles. The van der Waals surface area contributed by atoms with Crippen molar-refractivity contribution in [2.45, 2.75) is 56.8 Å². The van der Waals surface area contributed by atoms with Crippen molar-refractivity contribution in [3.8, 4) is 0 Å². The fourth-order valence-electron chi connectivity index (χ4n) is 1.51. The van der Waals surface area contributed by atoms with Crippen LogP contribution in [-0.4, -0.2) is 75.1 Å². The molecular weight excluding hydrogens is 232 g/mol. The third-order valence-electron chi connectivity index (χ3n) is 2.88. The average molecular weight is 252 g/mol. The highest BCUT2D eigenvalue weighted by molar-refractivity contribution is 4.89. The van der Waals surface area contributed by atoms with E-state index >= 15 is 0 Å². The molecule has 0 unspecified atom stereocenters. The minimum Gasteiger partial charge on any atom is -0.394 e. The van der Waals surface area contributed by atoms with E-state index in [2.05, 4.69) is 0 Å². The van der Waals surface area contributed by atoms with Gasteiger partial charge in [0.15, 0.2) is 6.29 Å². The minimum atomic E-state index is -1.47. The van der Waals surface area contributed by atoms with E-state index in [-0.39, 0.29) is 0 Å². The zero-order valence-electron chi connectivity index (χ0n) is 9.80. The number of aliphatic hydroxyl groups excluding tert-OH is 5. The van der Waals surface area contributed by atoms with Gasteiger partial charge in [-0.3, -0.25) is 0 Å². The Bertz CT molecular complexity index is 231. The maximum absolute atomic E-state index is 9.63. The van der Waals surface area contributed by atoms with E-state index in [0.717, 1.165) is 0 Å². The Hall–Kier alpha value is -0.280. The number of ether oxygens (including phenoxy) is 2. The second kappa shape index (κ2) is 6.05. The van der Waals surface area contributed by atoms with Crippen molar-refractivity contribution in [1.29, 1.82) is 0 Å². The van der Waals surface area contributed by atoms with Crippen LogP contribution in [0.4, 0.5) is 0 Å². The Balaban J connectivity index is 2.65. The van der Waals surface area contributed by atoms with Crippen LogP contribution in [0.15, 0.2) is 0 Å². The van der Waals surface area contributed by atoms with Gasteiger partial charge in [0, 0.05) is 0 Å². The fraction of sp³-hybridized carbons (Fsp3) is 1.00. The van der Waals surface area contributed by atoms with E-state index in [9.17, 15) is 20.4 Å². The Morgan fingerprint density at radius 1 is 1.12 bits per heavy atom. The molecule has 7 atom stereocenters. The van der Waals surface area contributed by atoms with Crippen LogP contribution in [0.1, 0.15) is 13.8 Å². The predicted molar refractivity (Wildman–Crippen MR) is 56.0 cm³/mol. The lowest BCUT2D eigenvalue weighted by molar-refractivity contribution is -0.314. The van der Waals surface area contributed by atoms with E-state index < -0.39 is 49.5 Å². The average Bonchev–Trinajstić information content (AvgIpc) is 2.29. The number of hydrogen-bond donors (Lipinski definition) is 5. The first-order valence-electron chi connectivity index (χ1n) is 5.52. The first-order chi connectivity index (χ1) is 7.88. The van der Waals surface area contributed by atoms with Crippen LogP contribution in [-0.2, 0) is 9.47 Å². The smallest absolute Gasteiger partial charge is 0.187 e. The van der Waals surface area contributed by atoms with Gasteiger partial charge in [0.25, 0.3) is 0 Å². The van der Waals surface area contributed by atoms with Crippen LogP contribution >= 0.6 is 0 Å². The lowest BCUT2D eigenvalue weighted by Gasteiger charge is -2.40. The third-order valence-corrected chi connectivity index (χ3v) is 2.88. The summed E-state index contributed by atoms with van der Waals surface area (Å²) in [5, 5.41) is 46.8. The standard InChI is InChI=1S/C10H20O7/c1-4(12)5(2)16-10-9(15)8(14)7(13)6(3-11)17-10/h4-15H,3H2,1-2H3/t4-,5-,6+,7+,8-,9+,10+/m0/s1. The van der Waals surface area contributed by atoms with Crippen molar-refractivity contribution in [2.75, 3.05) is 6.61 Å². The van der Waals surface area contributed by atoms with Gasteiger partial charge < -0.3 is 35.0 Å². The molecule has 0 aromatic heterocycles. The number of rotatable bonds is 4.